The van der Waals surface area contributed by atoms with Gasteiger partial charge >= 0.3 is 0 Å². The fourth-order valence-electron chi connectivity index (χ4n) is 4.47. The highest BCUT2D eigenvalue weighted by Gasteiger charge is 2.52. The average Bonchev–Trinajstić information content (AvgIpc) is 2.79. The van der Waals surface area contributed by atoms with Crippen LogP contribution in [0.4, 0.5) is 0 Å². The van der Waals surface area contributed by atoms with Gasteiger partial charge in [0, 0.05) is 4.91 Å². The van der Waals surface area contributed by atoms with Gasteiger partial charge in [0.25, 0.3) is 8.32 Å². The Balaban J connectivity index is 2.04. The molecule has 9 heteroatoms. The topological polar surface area (TPSA) is 113 Å². The van der Waals surface area contributed by atoms with E-state index < -0.39 is 38.0 Å². The van der Waals surface area contributed by atoms with Gasteiger partial charge in [-0.25, -0.2) is 0 Å². The Bertz CT molecular complexity index is 882. The van der Waals surface area contributed by atoms with E-state index in [-0.39, 0.29) is 11.6 Å². The normalized spacial score (nSPS) is 26.4. The second-order valence-corrected chi connectivity index (χ2v) is 14.3. The third-order valence-electron chi connectivity index (χ3n) is 6.05. The monoisotopic (exact) mass is 472 g/mol. The van der Waals surface area contributed by atoms with Crippen molar-refractivity contribution in [3.8, 4) is 0 Å². The summed E-state index contributed by atoms with van der Waals surface area (Å²) in [5.74, 6) is 0. The first kappa shape index (κ1) is 24.8. The van der Waals surface area contributed by atoms with Crippen LogP contribution in [0.2, 0.25) is 5.04 Å². The number of hydrogen-bond donors (Lipinski definition) is 2. The molecule has 0 bridgehead atoms. The fraction of sp³-hybridized carbons (Fsp3) is 0.478. The second-order valence-electron chi connectivity index (χ2n) is 9.02. The van der Waals surface area contributed by atoms with Crippen LogP contribution >= 0.6 is 11.8 Å². The van der Waals surface area contributed by atoms with Crippen LogP contribution in [-0.4, -0.2) is 56.0 Å². The number of aliphatic hydroxyl groups excluding tert-OH is 1. The molecule has 1 heterocycles. The molecule has 0 saturated carbocycles. The third-order valence-corrected chi connectivity index (χ3v) is 11.9. The van der Waals surface area contributed by atoms with Crippen molar-refractivity contribution in [2.75, 3.05) is 12.9 Å². The van der Waals surface area contributed by atoms with Crippen LogP contribution in [-0.2, 0) is 9.16 Å². The Morgan fingerprint density at radius 3 is 2.09 bits per heavy atom. The van der Waals surface area contributed by atoms with Crippen molar-refractivity contribution < 1.29 is 14.3 Å². The van der Waals surface area contributed by atoms with E-state index in [2.05, 4.69) is 55.1 Å². The molecular formula is C23H32N4O3SSi. The minimum absolute atomic E-state index is 0.178. The number of thioether (sulfide) groups is 1. The summed E-state index contributed by atoms with van der Waals surface area (Å²) in [6.45, 7) is 6.77. The molecule has 7 nitrogen and oxygen atoms in total. The predicted octanol–water partition coefficient (Wildman–Crippen LogP) is 3.02. The summed E-state index contributed by atoms with van der Waals surface area (Å²) in [6.07, 6.45) is 0.259. The molecule has 0 radical (unpaired) electrons. The number of nitrogens with two attached hydrogens (primary N) is 1. The highest BCUT2D eigenvalue weighted by atomic mass is 32.2. The molecule has 1 fully saturated rings. The van der Waals surface area contributed by atoms with Crippen LogP contribution in [0.15, 0.2) is 65.8 Å². The van der Waals surface area contributed by atoms with Crippen molar-refractivity contribution in [1.82, 2.24) is 0 Å². The van der Waals surface area contributed by atoms with Gasteiger partial charge in [0.05, 0.1) is 30.9 Å². The van der Waals surface area contributed by atoms with Gasteiger partial charge < -0.3 is 20.0 Å². The van der Waals surface area contributed by atoms with Gasteiger partial charge in [-0.15, -0.1) is 11.8 Å². The second kappa shape index (κ2) is 10.4. The maximum absolute atomic E-state index is 10.7. The molecule has 1 saturated heterocycles. The zero-order valence-electron chi connectivity index (χ0n) is 19.0. The fourth-order valence-corrected chi connectivity index (χ4v) is 9.77. The van der Waals surface area contributed by atoms with E-state index in [4.69, 9.17) is 20.4 Å². The van der Waals surface area contributed by atoms with Crippen molar-refractivity contribution in [2.45, 2.75) is 55.5 Å². The number of ether oxygens (including phenoxy) is 1. The lowest BCUT2D eigenvalue weighted by Gasteiger charge is -2.46. The van der Waals surface area contributed by atoms with Gasteiger partial charge in [0.15, 0.2) is 0 Å². The van der Waals surface area contributed by atoms with Crippen LogP contribution in [0.1, 0.15) is 20.8 Å². The SMILES string of the molecule is CS[C@@H]1OC(CO[Si](c2ccccc2)(c2ccccc2)C(C)(C)C)[C@H](N=[N+]=[N-])[C@H](O)C1N. The summed E-state index contributed by atoms with van der Waals surface area (Å²) in [5.41, 5.74) is 14.8. The van der Waals surface area contributed by atoms with E-state index in [1.54, 1.807) is 0 Å². The molecule has 2 aromatic rings. The lowest BCUT2D eigenvalue weighted by molar-refractivity contribution is -0.101. The Hall–Kier alpha value is -1.84. The molecular weight excluding hydrogens is 440 g/mol. The molecule has 3 N–H and O–H groups in total. The lowest BCUT2D eigenvalue weighted by atomic mass is 9.97. The molecule has 0 spiro atoms. The van der Waals surface area contributed by atoms with Crippen LogP contribution in [0.5, 0.6) is 0 Å². The first-order valence-electron chi connectivity index (χ1n) is 10.7. The average molecular weight is 473 g/mol. The maximum atomic E-state index is 10.7. The Morgan fingerprint density at radius 2 is 1.66 bits per heavy atom. The number of aliphatic hydroxyl groups is 1. The molecule has 0 aromatic heterocycles. The zero-order chi connectivity index (χ0) is 23.4. The van der Waals surface area contributed by atoms with Gasteiger partial charge in [0.1, 0.15) is 5.44 Å². The Morgan fingerprint density at radius 1 is 1.12 bits per heavy atom. The van der Waals surface area contributed by atoms with Crippen LogP contribution in [0.25, 0.3) is 10.4 Å². The summed E-state index contributed by atoms with van der Waals surface area (Å²) < 4.78 is 13.1. The minimum atomic E-state index is -2.79. The predicted molar refractivity (Wildman–Crippen MR) is 133 cm³/mol. The van der Waals surface area contributed by atoms with Crippen molar-refractivity contribution in [3.63, 3.8) is 0 Å². The molecule has 0 amide bonds. The quantitative estimate of drug-likeness (QED) is 0.278. The molecule has 5 atom stereocenters. The van der Waals surface area contributed by atoms with Crippen molar-refractivity contribution in [2.24, 2.45) is 10.8 Å². The maximum Gasteiger partial charge on any atom is 0.261 e. The molecule has 1 aliphatic rings. The highest BCUT2D eigenvalue weighted by molar-refractivity contribution is 7.99. The standard InChI is InChI=1S/C23H32N4O3SSi/c1-23(2,3)32(16-11-7-5-8-12-16,17-13-9-6-10-14-17)29-15-18-20(26-27-25)21(28)19(24)22(30-18)31-4/h5-14,18-22,28H,15,24H2,1-4H3/t18?,19?,20-,21+,22-/m0/s1. The van der Waals surface area contributed by atoms with Gasteiger partial charge in [-0.3, -0.25) is 0 Å². The van der Waals surface area contributed by atoms with Gasteiger partial charge in [-0.2, -0.15) is 0 Å². The molecule has 0 aliphatic carbocycles. The van der Waals surface area contributed by atoms with Crippen LogP contribution < -0.4 is 16.1 Å². The largest absolute Gasteiger partial charge is 0.405 e. The van der Waals surface area contributed by atoms with Crippen molar-refractivity contribution >= 4 is 30.5 Å². The number of benzene rings is 2. The van der Waals surface area contributed by atoms with Crippen molar-refractivity contribution in [3.05, 3.63) is 71.1 Å². The van der Waals surface area contributed by atoms with Gasteiger partial charge in [-0.1, -0.05) is 86.5 Å². The number of azide groups is 1. The van der Waals surface area contributed by atoms with E-state index >= 15 is 0 Å². The van der Waals surface area contributed by atoms with Crippen LogP contribution in [0, 0.1) is 0 Å². The van der Waals surface area contributed by atoms with E-state index in [1.165, 1.54) is 11.8 Å². The van der Waals surface area contributed by atoms with Gasteiger partial charge in [0.2, 0.25) is 0 Å². The smallest absolute Gasteiger partial charge is 0.261 e. The van der Waals surface area contributed by atoms with E-state index in [0.717, 1.165) is 10.4 Å². The van der Waals surface area contributed by atoms with Crippen molar-refractivity contribution in [1.29, 1.82) is 0 Å². The summed E-state index contributed by atoms with van der Waals surface area (Å²) in [7, 11) is -2.79. The molecule has 2 aromatic carbocycles. The third kappa shape index (κ3) is 4.74. The minimum Gasteiger partial charge on any atom is -0.405 e. The molecule has 2 unspecified atom stereocenters. The Labute approximate surface area is 195 Å². The summed E-state index contributed by atoms with van der Waals surface area (Å²) in [4.78, 5) is 2.93. The zero-order valence-corrected chi connectivity index (χ0v) is 20.8. The summed E-state index contributed by atoms with van der Waals surface area (Å²) in [5, 5.41) is 16.7. The van der Waals surface area contributed by atoms with E-state index in [9.17, 15) is 5.11 Å². The molecule has 1 aliphatic heterocycles. The summed E-state index contributed by atoms with van der Waals surface area (Å²) in [6, 6.07) is 19.1. The number of rotatable bonds is 7. The summed E-state index contributed by atoms with van der Waals surface area (Å²) >= 11 is 1.43. The number of nitrogens with zero attached hydrogens (tertiary/aromatic N) is 3. The molecule has 32 heavy (non-hydrogen) atoms. The first-order valence-corrected chi connectivity index (χ1v) is 13.9. The van der Waals surface area contributed by atoms with Gasteiger partial charge in [-0.05, 0) is 27.2 Å². The van der Waals surface area contributed by atoms with E-state index in [0.29, 0.717) is 0 Å². The lowest BCUT2D eigenvalue weighted by Crippen LogP contribution is -2.68. The highest BCUT2D eigenvalue weighted by Crippen LogP contribution is 2.38. The molecule has 172 valence electrons. The van der Waals surface area contributed by atoms with E-state index in [1.807, 2.05) is 42.7 Å². The first-order chi connectivity index (χ1) is 15.3. The molecule has 3 rings (SSSR count). The Kier molecular flexibility index (Phi) is 8.05. The number of hydrogen-bond acceptors (Lipinski definition) is 6. The van der Waals surface area contributed by atoms with Crippen LogP contribution in [0.3, 0.4) is 0 Å².